The molecule has 2 rings (SSSR count). The number of piperidine rings is 1. The van der Waals surface area contributed by atoms with E-state index < -0.39 is 6.17 Å². The van der Waals surface area contributed by atoms with E-state index in [1.165, 1.54) is 6.26 Å². The maximum absolute atomic E-state index is 14.0. The summed E-state index contributed by atoms with van der Waals surface area (Å²) in [4.78, 5) is 0. The van der Waals surface area contributed by atoms with Crippen LogP contribution in [-0.2, 0) is 0 Å². The van der Waals surface area contributed by atoms with Gasteiger partial charge in [-0.25, -0.2) is 4.39 Å². The first kappa shape index (κ1) is 9.71. The molecule has 1 aliphatic rings. The molecule has 0 aliphatic carbocycles. The van der Waals surface area contributed by atoms with Crippen molar-refractivity contribution in [2.24, 2.45) is 5.92 Å². The van der Waals surface area contributed by atoms with Gasteiger partial charge in [0, 0.05) is 18.0 Å². The molecule has 0 spiro atoms. The van der Waals surface area contributed by atoms with E-state index in [1.807, 2.05) is 6.92 Å². The highest BCUT2D eigenvalue weighted by atomic mass is 19.1. The third-order valence-corrected chi connectivity index (χ3v) is 2.94. The van der Waals surface area contributed by atoms with Gasteiger partial charge in [0.1, 0.15) is 6.17 Å². The number of aryl methyl sites for hydroxylation is 1. The Morgan fingerprint density at radius 2 is 2.43 bits per heavy atom. The molecule has 1 saturated heterocycles. The number of alkyl halides is 1. The van der Waals surface area contributed by atoms with Crippen LogP contribution in [0.4, 0.5) is 4.39 Å². The molecule has 0 radical (unpaired) electrons. The molecular weight excluding hydrogens is 181 g/mol. The molecule has 2 unspecified atom stereocenters. The van der Waals surface area contributed by atoms with Crippen LogP contribution in [-0.4, -0.2) is 13.1 Å². The molecule has 1 aliphatic heterocycles. The molecule has 1 aromatic rings. The van der Waals surface area contributed by atoms with Crippen LogP contribution in [0.25, 0.3) is 0 Å². The predicted octanol–water partition coefficient (Wildman–Crippen LogP) is 2.60. The molecule has 2 nitrogen and oxygen atoms in total. The van der Waals surface area contributed by atoms with Gasteiger partial charge in [-0.3, -0.25) is 0 Å². The van der Waals surface area contributed by atoms with Crippen molar-refractivity contribution < 1.29 is 8.81 Å². The van der Waals surface area contributed by atoms with Crippen LogP contribution in [0.3, 0.4) is 0 Å². The second-order valence-corrected chi connectivity index (χ2v) is 4.02. The molecule has 2 atom stereocenters. The third kappa shape index (κ3) is 1.82. The van der Waals surface area contributed by atoms with E-state index >= 15 is 0 Å². The highest BCUT2D eigenvalue weighted by Gasteiger charge is 2.26. The second kappa shape index (κ2) is 4.13. The van der Waals surface area contributed by atoms with Gasteiger partial charge in [-0.15, -0.1) is 0 Å². The third-order valence-electron chi connectivity index (χ3n) is 2.94. The summed E-state index contributed by atoms with van der Waals surface area (Å²) in [6, 6.07) is 0. The quantitative estimate of drug-likeness (QED) is 0.788. The van der Waals surface area contributed by atoms with Gasteiger partial charge in [0.25, 0.3) is 0 Å². The minimum Gasteiger partial charge on any atom is -0.472 e. The minimum atomic E-state index is -0.874. The monoisotopic (exact) mass is 197 g/mol. The fourth-order valence-corrected chi connectivity index (χ4v) is 2.04. The summed E-state index contributed by atoms with van der Waals surface area (Å²) >= 11 is 0. The summed E-state index contributed by atoms with van der Waals surface area (Å²) in [6.07, 6.45) is 4.31. The van der Waals surface area contributed by atoms with Gasteiger partial charge in [0.2, 0.25) is 0 Å². The van der Waals surface area contributed by atoms with E-state index in [0.29, 0.717) is 0 Å². The summed E-state index contributed by atoms with van der Waals surface area (Å²) in [6.45, 7) is 3.70. The highest BCUT2D eigenvalue weighted by molar-refractivity contribution is 5.22. The lowest BCUT2D eigenvalue weighted by molar-refractivity contribution is 0.193. The molecule has 0 bridgehead atoms. The SMILES string of the molecule is Cc1cocc1C(F)C1CCCNC1. The van der Waals surface area contributed by atoms with Crippen LogP contribution in [0.5, 0.6) is 0 Å². The summed E-state index contributed by atoms with van der Waals surface area (Å²) in [7, 11) is 0. The first-order valence-corrected chi connectivity index (χ1v) is 5.16. The Balaban J connectivity index is 2.07. The Labute approximate surface area is 83.5 Å². The summed E-state index contributed by atoms with van der Waals surface area (Å²) in [5, 5.41) is 3.23. The number of halogens is 1. The van der Waals surface area contributed by atoms with Crippen LogP contribution in [0.1, 0.15) is 30.1 Å². The fourth-order valence-electron chi connectivity index (χ4n) is 2.04. The molecule has 0 saturated carbocycles. The first-order chi connectivity index (χ1) is 6.79. The molecule has 1 N–H and O–H groups in total. The van der Waals surface area contributed by atoms with Crippen molar-refractivity contribution in [3.63, 3.8) is 0 Å². The normalized spacial score (nSPS) is 24.9. The molecule has 1 aromatic heterocycles. The van der Waals surface area contributed by atoms with Crippen molar-refractivity contribution in [3.8, 4) is 0 Å². The largest absolute Gasteiger partial charge is 0.472 e. The average Bonchev–Trinajstić information content (AvgIpc) is 2.65. The van der Waals surface area contributed by atoms with Gasteiger partial charge in [0.15, 0.2) is 0 Å². The topological polar surface area (TPSA) is 25.2 Å². The van der Waals surface area contributed by atoms with E-state index in [4.69, 9.17) is 4.42 Å². The van der Waals surface area contributed by atoms with Gasteiger partial charge in [-0.2, -0.15) is 0 Å². The lowest BCUT2D eigenvalue weighted by Gasteiger charge is -2.25. The van der Waals surface area contributed by atoms with Gasteiger partial charge in [-0.1, -0.05) is 0 Å². The average molecular weight is 197 g/mol. The van der Waals surface area contributed by atoms with Crippen molar-refractivity contribution in [1.82, 2.24) is 5.32 Å². The Kier molecular flexibility index (Phi) is 2.87. The molecule has 0 amide bonds. The zero-order valence-corrected chi connectivity index (χ0v) is 8.42. The summed E-state index contributed by atoms with van der Waals surface area (Å²) in [5.74, 6) is 0.111. The number of rotatable bonds is 2. The van der Waals surface area contributed by atoms with Crippen molar-refractivity contribution >= 4 is 0 Å². The maximum atomic E-state index is 14.0. The second-order valence-electron chi connectivity index (χ2n) is 4.02. The summed E-state index contributed by atoms with van der Waals surface area (Å²) < 4.78 is 19.0. The van der Waals surface area contributed by atoms with E-state index in [2.05, 4.69) is 5.32 Å². The van der Waals surface area contributed by atoms with Crippen LogP contribution < -0.4 is 5.32 Å². The zero-order valence-electron chi connectivity index (χ0n) is 8.42. The van der Waals surface area contributed by atoms with E-state index in [0.717, 1.165) is 37.1 Å². The number of furan rings is 1. The molecule has 2 heterocycles. The van der Waals surface area contributed by atoms with Crippen molar-refractivity contribution in [3.05, 3.63) is 23.7 Å². The zero-order chi connectivity index (χ0) is 9.97. The van der Waals surface area contributed by atoms with E-state index in [-0.39, 0.29) is 5.92 Å². The lowest BCUT2D eigenvalue weighted by atomic mass is 9.90. The van der Waals surface area contributed by atoms with Crippen LogP contribution in [0.15, 0.2) is 16.9 Å². The Bertz CT molecular complexity index is 291. The summed E-state index contributed by atoms with van der Waals surface area (Å²) in [5.41, 5.74) is 1.64. The van der Waals surface area contributed by atoms with E-state index in [1.54, 1.807) is 6.26 Å². The van der Waals surface area contributed by atoms with Crippen LogP contribution in [0.2, 0.25) is 0 Å². The Morgan fingerprint density at radius 3 is 3.00 bits per heavy atom. The molecular formula is C11H16FNO. The van der Waals surface area contributed by atoms with Gasteiger partial charge >= 0.3 is 0 Å². The van der Waals surface area contributed by atoms with Crippen molar-refractivity contribution in [2.75, 3.05) is 13.1 Å². The number of hydrogen-bond acceptors (Lipinski definition) is 2. The van der Waals surface area contributed by atoms with Gasteiger partial charge < -0.3 is 9.73 Å². The van der Waals surface area contributed by atoms with Crippen LogP contribution in [0, 0.1) is 12.8 Å². The number of hydrogen-bond donors (Lipinski definition) is 1. The molecule has 78 valence electrons. The molecule has 14 heavy (non-hydrogen) atoms. The fraction of sp³-hybridized carbons (Fsp3) is 0.636. The predicted molar refractivity (Wildman–Crippen MR) is 52.9 cm³/mol. The number of nitrogens with one attached hydrogen (secondary N) is 1. The van der Waals surface area contributed by atoms with E-state index in [9.17, 15) is 4.39 Å². The lowest BCUT2D eigenvalue weighted by Crippen LogP contribution is -2.32. The maximum Gasteiger partial charge on any atom is 0.132 e. The molecule has 0 aromatic carbocycles. The Morgan fingerprint density at radius 1 is 1.57 bits per heavy atom. The Hall–Kier alpha value is -0.830. The molecule has 1 fully saturated rings. The van der Waals surface area contributed by atoms with Gasteiger partial charge in [-0.05, 0) is 31.9 Å². The van der Waals surface area contributed by atoms with Crippen molar-refractivity contribution in [2.45, 2.75) is 25.9 Å². The minimum absolute atomic E-state index is 0.111. The molecule has 3 heteroatoms. The van der Waals surface area contributed by atoms with Crippen molar-refractivity contribution in [1.29, 1.82) is 0 Å². The smallest absolute Gasteiger partial charge is 0.132 e. The first-order valence-electron chi connectivity index (χ1n) is 5.16. The standard InChI is InChI=1S/C11H16FNO/c1-8-6-14-7-10(8)11(12)9-3-2-4-13-5-9/h6-7,9,11,13H,2-5H2,1H3. The van der Waals surface area contributed by atoms with Gasteiger partial charge in [0.05, 0.1) is 12.5 Å². The highest BCUT2D eigenvalue weighted by Crippen LogP contribution is 2.32. The van der Waals surface area contributed by atoms with Crippen LogP contribution >= 0.6 is 0 Å².